The Bertz CT molecular complexity index is 543. The number of nitrogens with zero attached hydrogens (tertiary/aromatic N) is 1. The summed E-state index contributed by atoms with van der Waals surface area (Å²) in [5.41, 5.74) is -0.329. The summed E-state index contributed by atoms with van der Waals surface area (Å²) >= 11 is 0. The van der Waals surface area contributed by atoms with Crippen LogP contribution in [-0.4, -0.2) is 34.6 Å². The topological polar surface area (TPSA) is 119 Å². The van der Waals surface area contributed by atoms with Gasteiger partial charge in [-0.1, -0.05) is 0 Å². The van der Waals surface area contributed by atoms with Crippen LogP contribution in [0.15, 0.2) is 18.2 Å². The maximum atomic E-state index is 11.7. The lowest BCUT2D eigenvalue weighted by molar-refractivity contribution is -0.385. The van der Waals surface area contributed by atoms with Crippen molar-refractivity contribution >= 4 is 23.3 Å². The van der Waals surface area contributed by atoms with Crippen LogP contribution in [0.3, 0.4) is 0 Å². The number of carboxylic acid groups (broad SMARTS) is 1. The summed E-state index contributed by atoms with van der Waals surface area (Å²) in [6.45, 7) is 3.07. The van der Waals surface area contributed by atoms with E-state index in [9.17, 15) is 19.7 Å². The number of nitro benzene ring substituents is 1. The zero-order valence-corrected chi connectivity index (χ0v) is 11.0. The number of rotatable bonds is 6. The molecule has 1 aromatic carbocycles. The number of carbonyl (C=O) groups excluding carboxylic acids is 1. The van der Waals surface area contributed by atoms with Crippen molar-refractivity contribution in [3.05, 3.63) is 33.9 Å². The molecule has 0 radical (unpaired) electrons. The van der Waals surface area contributed by atoms with E-state index in [2.05, 4.69) is 5.32 Å². The standard InChI is InChI=1S/C12H14N2O6/c1-3-20-12(17)9-6-8(13-7(2)11(15)16)4-5-10(9)14(18)19/h4-7,13H,3H2,1-2H3,(H,15,16). The second-order valence-corrected chi connectivity index (χ2v) is 3.91. The Morgan fingerprint density at radius 3 is 2.65 bits per heavy atom. The van der Waals surface area contributed by atoms with E-state index >= 15 is 0 Å². The molecule has 108 valence electrons. The van der Waals surface area contributed by atoms with Gasteiger partial charge in [-0.25, -0.2) is 4.79 Å². The molecule has 0 saturated carbocycles. The second-order valence-electron chi connectivity index (χ2n) is 3.91. The summed E-state index contributed by atoms with van der Waals surface area (Å²) in [7, 11) is 0. The Kier molecular flexibility index (Phi) is 5.01. The lowest BCUT2D eigenvalue weighted by atomic mass is 10.1. The van der Waals surface area contributed by atoms with Gasteiger partial charge >= 0.3 is 11.9 Å². The number of carboxylic acids is 1. The molecule has 8 nitrogen and oxygen atoms in total. The highest BCUT2D eigenvalue weighted by atomic mass is 16.6. The van der Waals surface area contributed by atoms with E-state index in [4.69, 9.17) is 9.84 Å². The van der Waals surface area contributed by atoms with E-state index in [0.717, 1.165) is 6.07 Å². The van der Waals surface area contributed by atoms with Gasteiger partial charge in [0, 0.05) is 11.8 Å². The Morgan fingerprint density at radius 1 is 1.50 bits per heavy atom. The number of anilines is 1. The first-order valence-electron chi connectivity index (χ1n) is 5.81. The number of hydrogen-bond donors (Lipinski definition) is 2. The Labute approximate surface area is 114 Å². The summed E-state index contributed by atoms with van der Waals surface area (Å²) in [4.78, 5) is 32.6. The van der Waals surface area contributed by atoms with Gasteiger partial charge in [-0.2, -0.15) is 0 Å². The van der Waals surface area contributed by atoms with Gasteiger partial charge in [-0.3, -0.25) is 14.9 Å². The predicted molar refractivity (Wildman–Crippen MR) is 69.8 cm³/mol. The van der Waals surface area contributed by atoms with Crippen LogP contribution in [0.2, 0.25) is 0 Å². The number of hydrogen-bond acceptors (Lipinski definition) is 6. The van der Waals surface area contributed by atoms with Crippen LogP contribution in [0, 0.1) is 10.1 Å². The number of carbonyl (C=O) groups is 2. The van der Waals surface area contributed by atoms with E-state index in [1.807, 2.05) is 0 Å². The molecule has 2 N–H and O–H groups in total. The largest absolute Gasteiger partial charge is 0.480 e. The van der Waals surface area contributed by atoms with Gasteiger partial charge in [0.05, 0.1) is 11.5 Å². The molecule has 0 heterocycles. The Hall–Kier alpha value is -2.64. The predicted octanol–water partition coefficient (Wildman–Crippen LogP) is 1.66. The van der Waals surface area contributed by atoms with E-state index < -0.39 is 28.6 Å². The van der Waals surface area contributed by atoms with Crippen molar-refractivity contribution in [1.82, 2.24) is 0 Å². The van der Waals surface area contributed by atoms with Crippen molar-refractivity contribution < 1.29 is 24.4 Å². The average Bonchev–Trinajstić information content (AvgIpc) is 2.38. The van der Waals surface area contributed by atoms with E-state index in [0.29, 0.717) is 0 Å². The number of aliphatic carboxylic acids is 1. The first-order valence-corrected chi connectivity index (χ1v) is 5.81. The first kappa shape index (κ1) is 15.4. The zero-order valence-electron chi connectivity index (χ0n) is 11.0. The van der Waals surface area contributed by atoms with Gasteiger partial charge in [0.2, 0.25) is 0 Å². The zero-order chi connectivity index (χ0) is 15.3. The summed E-state index contributed by atoms with van der Waals surface area (Å²) in [6, 6.07) is 2.77. The highest BCUT2D eigenvalue weighted by molar-refractivity contribution is 5.95. The SMILES string of the molecule is CCOC(=O)c1cc(NC(C)C(=O)O)ccc1[N+](=O)[O-]. The molecule has 0 aliphatic carbocycles. The van der Waals surface area contributed by atoms with Crippen molar-refractivity contribution in [2.45, 2.75) is 19.9 Å². The maximum Gasteiger partial charge on any atom is 0.345 e. The van der Waals surface area contributed by atoms with E-state index in [1.54, 1.807) is 6.92 Å². The highest BCUT2D eigenvalue weighted by Crippen LogP contribution is 2.24. The minimum atomic E-state index is -1.08. The number of benzene rings is 1. The fourth-order valence-corrected chi connectivity index (χ4v) is 1.47. The number of nitrogens with one attached hydrogen (secondary N) is 1. The molecule has 0 saturated heterocycles. The molecule has 20 heavy (non-hydrogen) atoms. The molecule has 0 spiro atoms. The highest BCUT2D eigenvalue weighted by Gasteiger charge is 2.22. The van der Waals surface area contributed by atoms with Crippen molar-refractivity contribution in [2.24, 2.45) is 0 Å². The molecule has 0 aliphatic heterocycles. The lowest BCUT2D eigenvalue weighted by Gasteiger charge is -2.11. The van der Waals surface area contributed by atoms with Crippen LogP contribution in [0.5, 0.6) is 0 Å². The van der Waals surface area contributed by atoms with Gasteiger partial charge in [-0.15, -0.1) is 0 Å². The van der Waals surface area contributed by atoms with Gasteiger partial charge in [0.25, 0.3) is 5.69 Å². The summed E-state index contributed by atoms with van der Waals surface area (Å²) < 4.78 is 4.74. The monoisotopic (exact) mass is 282 g/mol. The van der Waals surface area contributed by atoms with Crippen molar-refractivity contribution in [3.63, 3.8) is 0 Å². The van der Waals surface area contributed by atoms with Crippen LogP contribution in [-0.2, 0) is 9.53 Å². The van der Waals surface area contributed by atoms with Gasteiger partial charge in [0.1, 0.15) is 11.6 Å². The van der Waals surface area contributed by atoms with E-state index in [1.165, 1.54) is 19.1 Å². The normalized spacial score (nSPS) is 11.5. The van der Waals surface area contributed by atoms with Crippen LogP contribution < -0.4 is 5.32 Å². The smallest absolute Gasteiger partial charge is 0.345 e. The van der Waals surface area contributed by atoms with Gasteiger partial charge in [-0.05, 0) is 26.0 Å². The second kappa shape index (κ2) is 6.50. The molecular formula is C12H14N2O6. The van der Waals surface area contributed by atoms with Crippen LogP contribution in [0.25, 0.3) is 0 Å². The maximum absolute atomic E-state index is 11.7. The molecule has 0 aliphatic rings. The first-order chi connectivity index (χ1) is 9.36. The molecule has 0 amide bonds. The lowest BCUT2D eigenvalue weighted by Crippen LogP contribution is -2.25. The number of nitro groups is 1. The quantitative estimate of drug-likeness (QED) is 0.462. The van der Waals surface area contributed by atoms with Crippen molar-refractivity contribution in [2.75, 3.05) is 11.9 Å². The van der Waals surface area contributed by atoms with Crippen LogP contribution >= 0.6 is 0 Å². The minimum absolute atomic E-state index is 0.0825. The molecule has 1 aromatic rings. The molecule has 1 atom stereocenters. The fourth-order valence-electron chi connectivity index (χ4n) is 1.47. The Morgan fingerprint density at radius 2 is 2.15 bits per heavy atom. The summed E-state index contributed by atoms with van der Waals surface area (Å²) in [5.74, 6) is -1.91. The van der Waals surface area contributed by atoms with Crippen LogP contribution in [0.4, 0.5) is 11.4 Å². The molecule has 8 heteroatoms. The van der Waals surface area contributed by atoms with Crippen molar-refractivity contribution in [1.29, 1.82) is 0 Å². The molecule has 0 bridgehead atoms. The average molecular weight is 282 g/mol. The summed E-state index contributed by atoms with van der Waals surface area (Å²) in [6.07, 6.45) is 0. The van der Waals surface area contributed by atoms with Gasteiger partial charge < -0.3 is 15.2 Å². The minimum Gasteiger partial charge on any atom is -0.480 e. The molecule has 0 aromatic heterocycles. The fraction of sp³-hybridized carbons (Fsp3) is 0.333. The number of ether oxygens (including phenoxy) is 1. The molecule has 0 fully saturated rings. The molecular weight excluding hydrogens is 268 g/mol. The van der Waals surface area contributed by atoms with Gasteiger partial charge in [0.15, 0.2) is 0 Å². The third kappa shape index (κ3) is 3.67. The van der Waals surface area contributed by atoms with E-state index in [-0.39, 0.29) is 17.9 Å². The van der Waals surface area contributed by atoms with Crippen LogP contribution in [0.1, 0.15) is 24.2 Å². The summed E-state index contributed by atoms with van der Waals surface area (Å²) in [5, 5.41) is 22.3. The number of esters is 1. The van der Waals surface area contributed by atoms with Crippen molar-refractivity contribution in [3.8, 4) is 0 Å². The molecule has 1 unspecified atom stereocenters. The third-order valence-corrected chi connectivity index (χ3v) is 2.44. The molecule has 1 rings (SSSR count). The third-order valence-electron chi connectivity index (χ3n) is 2.44. The Balaban J connectivity index is 3.13.